The Morgan fingerprint density at radius 2 is 1.93 bits per heavy atom. The van der Waals surface area contributed by atoms with Crippen LogP contribution in [0.3, 0.4) is 0 Å². The number of hydrogen-bond acceptors (Lipinski definition) is 4. The fourth-order valence-corrected chi connectivity index (χ4v) is 3.51. The van der Waals surface area contributed by atoms with Gasteiger partial charge in [-0.15, -0.1) is 0 Å². The van der Waals surface area contributed by atoms with Crippen LogP contribution in [0.2, 0.25) is 0 Å². The highest BCUT2D eigenvalue weighted by Crippen LogP contribution is 2.30. The van der Waals surface area contributed by atoms with Crippen LogP contribution in [0.4, 0.5) is 0 Å². The number of amides is 1. The van der Waals surface area contributed by atoms with Gasteiger partial charge in [0.25, 0.3) is 5.91 Å². The molecule has 2 N–H and O–H groups in total. The van der Waals surface area contributed by atoms with Gasteiger partial charge in [0.15, 0.2) is 0 Å². The summed E-state index contributed by atoms with van der Waals surface area (Å²) in [5.74, 6) is -1.10. The summed E-state index contributed by atoms with van der Waals surface area (Å²) in [4.78, 5) is 33.6. The van der Waals surface area contributed by atoms with Gasteiger partial charge < -0.3 is 15.0 Å². The van der Waals surface area contributed by atoms with E-state index in [-0.39, 0.29) is 23.2 Å². The number of imidazole rings is 1. The SMILES string of the molecule is CC(C)C1(C)N=C(c2c(C(=O)O)ccc3c2ncn3Cc2ccccc2)NC1=O. The highest BCUT2D eigenvalue weighted by Gasteiger charge is 2.43. The van der Waals surface area contributed by atoms with Crippen LogP contribution >= 0.6 is 0 Å². The second-order valence-electron chi connectivity index (χ2n) is 7.74. The van der Waals surface area contributed by atoms with Crippen molar-refractivity contribution in [3.05, 3.63) is 65.5 Å². The molecule has 0 aliphatic carbocycles. The standard InChI is InChI=1S/C22H22N4O3/c1-13(2)22(3)21(29)24-19(25-22)17-15(20(27)28)9-10-16-18(17)23-12-26(16)11-14-7-5-4-6-8-14/h4-10,12-13H,11H2,1-3H3,(H,27,28)(H,24,25,29). The van der Waals surface area contributed by atoms with Crippen molar-refractivity contribution >= 4 is 28.7 Å². The van der Waals surface area contributed by atoms with Crippen molar-refractivity contribution in [2.75, 3.05) is 0 Å². The third kappa shape index (κ3) is 3.08. The molecule has 148 valence electrons. The average Bonchev–Trinajstić information content (AvgIpc) is 3.23. The number of aromatic nitrogens is 2. The number of aromatic carboxylic acids is 1. The molecule has 3 aromatic rings. The average molecular weight is 390 g/mol. The Morgan fingerprint density at radius 1 is 1.21 bits per heavy atom. The smallest absolute Gasteiger partial charge is 0.336 e. The Hall–Kier alpha value is -3.48. The number of benzene rings is 2. The third-order valence-electron chi connectivity index (χ3n) is 5.62. The third-order valence-corrected chi connectivity index (χ3v) is 5.62. The summed E-state index contributed by atoms with van der Waals surface area (Å²) in [5.41, 5.74) is 1.86. The lowest BCUT2D eigenvalue weighted by Crippen LogP contribution is -2.41. The topological polar surface area (TPSA) is 96.6 Å². The van der Waals surface area contributed by atoms with E-state index in [0.717, 1.165) is 11.1 Å². The summed E-state index contributed by atoms with van der Waals surface area (Å²) in [5, 5.41) is 12.5. The van der Waals surface area contributed by atoms with E-state index in [2.05, 4.69) is 15.3 Å². The van der Waals surface area contributed by atoms with Crippen molar-refractivity contribution in [3.63, 3.8) is 0 Å². The lowest BCUT2D eigenvalue weighted by atomic mass is 9.89. The Bertz CT molecular complexity index is 1150. The van der Waals surface area contributed by atoms with E-state index in [1.807, 2.05) is 48.7 Å². The maximum absolute atomic E-state index is 12.6. The lowest BCUT2D eigenvalue weighted by Gasteiger charge is -2.21. The highest BCUT2D eigenvalue weighted by atomic mass is 16.4. The van der Waals surface area contributed by atoms with Gasteiger partial charge in [-0.1, -0.05) is 44.2 Å². The quantitative estimate of drug-likeness (QED) is 0.700. The molecular weight excluding hydrogens is 368 g/mol. The van der Waals surface area contributed by atoms with Crippen molar-refractivity contribution in [1.82, 2.24) is 14.9 Å². The van der Waals surface area contributed by atoms with Crippen LogP contribution in [0.15, 0.2) is 53.8 Å². The monoisotopic (exact) mass is 390 g/mol. The van der Waals surface area contributed by atoms with Crippen LogP contribution < -0.4 is 5.32 Å². The summed E-state index contributed by atoms with van der Waals surface area (Å²) >= 11 is 0. The molecule has 1 atom stereocenters. The number of fused-ring (bicyclic) bond motifs is 1. The van der Waals surface area contributed by atoms with Gasteiger partial charge in [0.05, 0.1) is 23.0 Å². The van der Waals surface area contributed by atoms with E-state index in [9.17, 15) is 14.7 Å². The molecule has 4 rings (SSSR count). The Morgan fingerprint density at radius 3 is 2.55 bits per heavy atom. The molecule has 2 aromatic carbocycles. The fourth-order valence-electron chi connectivity index (χ4n) is 3.51. The molecule has 7 nitrogen and oxygen atoms in total. The molecule has 0 saturated heterocycles. The van der Waals surface area contributed by atoms with Crippen molar-refractivity contribution in [2.45, 2.75) is 32.9 Å². The summed E-state index contributed by atoms with van der Waals surface area (Å²) in [6.07, 6.45) is 1.69. The number of carboxylic acid groups (broad SMARTS) is 1. The van der Waals surface area contributed by atoms with Gasteiger partial charge in [0.1, 0.15) is 16.9 Å². The lowest BCUT2D eigenvalue weighted by molar-refractivity contribution is -0.124. The van der Waals surface area contributed by atoms with E-state index in [0.29, 0.717) is 17.6 Å². The number of hydrogen-bond donors (Lipinski definition) is 2. The Kier molecular flexibility index (Phi) is 4.45. The van der Waals surface area contributed by atoms with E-state index in [1.54, 1.807) is 25.4 Å². The van der Waals surface area contributed by atoms with E-state index < -0.39 is 11.5 Å². The number of nitrogens with zero attached hydrogens (tertiary/aromatic N) is 3. The first kappa shape index (κ1) is 18.9. The number of aliphatic imine (C=N–C) groups is 1. The van der Waals surface area contributed by atoms with Crippen molar-refractivity contribution in [1.29, 1.82) is 0 Å². The Labute approximate surface area is 168 Å². The maximum Gasteiger partial charge on any atom is 0.336 e. The zero-order valence-corrected chi connectivity index (χ0v) is 16.5. The van der Waals surface area contributed by atoms with Gasteiger partial charge in [-0.3, -0.25) is 9.79 Å². The van der Waals surface area contributed by atoms with Crippen LogP contribution in [0.25, 0.3) is 11.0 Å². The first-order valence-corrected chi connectivity index (χ1v) is 9.48. The minimum atomic E-state index is -1.09. The predicted molar refractivity (Wildman–Crippen MR) is 110 cm³/mol. The van der Waals surface area contributed by atoms with Gasteiger partial charge in [-0.25, -0.2) is 9.78 Å². The summed E-state index contributed by atoms with van der Waals surface area (Å²) in [7, 11) is 0. The van der Waals surface area contributed by atoms with E-state index in [4.69, 9.17) is 0 Å². The maximum atomic E-state index is 12.6. The number of amidine groups is 1. The molecule has 0 fully saturated rings. The number of rotatable bonds is 5. The van der Waals surface area contributed by atoms with Crippen molar-refractivity contribution < 1.29 is 14.7 Å². The largest absolute Gasteiger partial charge is 0.478 e. The number of carboxylic acids is 1. The molecular formula is C22H22N4O3. The van der Waals surface area contributed by atoms with Gasteiger partial charge in [-0.05, 0) is 30.5 Å². The predicted octanol–water partition coefficient (Wildman–Crippen LogP) is 3.07. The van der Waals surface area contributed by atoms with Crippen LogP contribution in [-0.4, -0.2) is 37.9 Å². The second kappa shape index (κ2) is 6.84. The molecule has 1 unspecified atom stereocenters. The van der Waals surface area contributed by atoms with Gasteiger partial charge in [0.2, 0.25) is 0 Å². The summed E-state index contributed by atoms with van der Waals surface area (Å²) in [6, 6.07) is 13.2. The van der Waals surface area contributed by atoms with Crippen molar-refractivity contribution in [3.8, 4) is 0 Å². The summed E-state index contributed by atoms with van der Waals surface area (Å²) in [6.45, 7) is 6.19. The van der Waals surface area contributed by atoms with Crippen molar-refractivity contribution in [2.24, 2.45) is 10.9 Å². The second-order valence-corrected chi connectivity index (χ2v) is 7.74. The molecule has 1 aliphatic rings. The van der Waals surface area contributed by atoms with Crippen LogP contribution in [0.1, 0.15) is 42.3 Å². The number of nitrogens with one attached hydrogen (secondary N) is 1. The van der Waals surface area contributed by atoms with Gasteiger partial charge >= 0.3 is 5.97 Å². The van der Waals surface area contributed by atoms with E-state index in [1.165, 1.54) is 0 Å². The van der Waals surface area contributed by atoms with E-state index >= 15 is 0 Å². The molecule has 1 aromatic heterocycles. The minimum absolute atomic E-state index is 0.0388. The number of carbonyl (C=O) groups is 2. The molecule has 7 heteroatoms. The first-order valence-electron chi connectivity index (χ1n) is 9.48. The van der Waals surface area contributed by atoms with Crippen LogP contribution in [-0.2, 0) is 11.3 Å². The van der Waals surface area contributed by atoms with Gasteiger partial charge in [-0.2, -0.15) is 0 Å². The summed E-state index contributed by atoms with van der Waals surface area (Å²) < 4.78 is 1.96. The molecule has 2 heterocycles. The van der Waals surface area contributed by atoms with Gasteiger partial charge in [0, 0.05) is 6.54 Å². The minimum Gasteiger partial charge on any atom is -0.478 e. The zero-order valence-electron chi connectivity index (χ0n) is 16.5. The molecule has 0 saturated carbocycles. The molecule has 0 radical (unpaired) electrons. The Balaban J connectivity index is 1.88. The normalized spacial score (nSPS) is 18.9. The molecule has 1 amide bonds. The van der Waals surface area contributed by atoms with Crippen LogP contribution in [0.5, 0.6) is 0 Å². The molecule has 0 spiro atoms. The molecule has 29 heavy (non-hydrogen) atoms. The molecule has 1 aliphatic heterocycles. The first-order chi connectivity index (χ1) is 13.8. The highest BCUT2D eigenvalue weighted by molar-refractivity contribution is 6.22. The zero-order chi connectivity index (χ0) is 20.8. The number of carbonyl (C=O) groups excluding carboxylic acids is 1. The fraction of sp³-hybridized carbons (Fsp3) is 0.273. The molecule has 0 bridgehead atoms. The van der Waals surface area contributed by atoms with Crippen LogP contribution in [0, 0.1) is 5.92 Å².